The van der Waals surface area contributed by atoms with E-state index in [0.29, 0.717) is 19.3 Å². The predicted octanol–water partition coefficient (Wildman–Crippen LogP) is 1.85. The maximum Gasteiger partial charge on any atom is 0.224 e. The number of methoxy groups -OCH3 is 1. The number of hydrogen-bond donors (Lipinski definition) is 1. The van der Waals surface area contributed by atoms with Gasteiger partial charge < -0.3 is 10.1 Å². The molecular formula is C14H19NO4S. The first-order valence-corrected chi connectivity index (χ1v) is 8.45. The first kappa shape index (κ1) is 14.8. The summed E-state index contributed by atoms with van der Waals surface area (Å²) in [6, 6.07) is 7.12. The number of amides is 1. The van der Waals surface area contributed by atoms with Crippen molar-refractivity contribution in [2.24, 2.45) is 5.92 Å². The lowest BCUT2D eigenvalue weighted by molar-refractivity contribution is -0.117. The van der Waals surface area contributed by atoms with Crippen molar-refractivity contribution < 1.29 is 17.9 Å². The van der Waals surface area contributed by atoms with Gasteiger partial charge in [0, 0.05) is 12.1 Å². The smallest absolute Gasteiger partial charge is 0.224 e. The monoisotopic (exact) mass is 297 g/mol. The second-order valence-corrected chi connectivity index (χ2v) is 7.38. The summed E-state index contributed by atoms with van der Waals surface area (Å²) in [5.41, 5.74) is 0.722. The molecule has 110 valence electrons. The Morgan fingerprint density at radius 1 is 1.25 bits per heavy atom. The van der Waals surface area contributed by atoms with Gasteiger partial charge in [-0.2, -0.15) is 0 Å². The zero-order valence-corrected chi connectivity index (χ0v) is 12.3. The standard InChI is InChI=1S/C14H19NO4S/c1-19-13-4-2-12(3-5-13)15-14(16)10-11-6-8-20(17,18)9-7-11/h2-5,11H,6-10H2,1H3,(H,15,16). The maximum atomic E-state index is 11.9. The molecule has 0 radical (unpaired) electrons. The molecule has 0 spiro atoms. The van der Waals surface area contributed by atoms with E-state index in [4.69, 9.17) is 4.74 Å². The Kier molecular flexibility index (Phi) is 4.65. The van der Waals surface area contributed by atoms with Crippen molar-refractivity contribution >= 4 is 21.4 Å². The Bertz CT molecular complexity index is 551. The van der Waals surface area contributed by atoms with Crippen LogP contribution in [0.1, 0.15) is 19.3 Å². The highest BCUT2D eigenvalue weighted by atomic mass is 32.2. The molecular weight excluding hydrogens is 278 g/mol. The molecule has 0 aromatic heterocycles. The van der Waals surface area contributed by atoms with Gasteiger partial charge in [0.05, 0.1) is 18.6 Å². The highest BCUT2D eigenvalue weighted by molar-refractivity contribution is 7.91. The quantitative estimate of drug-likeness (QED) is 0.920. The average molecular weight is 297 g/mol. The van der Waals surface area contributed by atoms with Gasteiger partial charge in [-0.05, 0) is 43.0 Å². The van der Waals surface area contributed by atoms with Crippen molar-refractivity contribution in [3.05, 3.63) is 24.3 Å². The van der Waals surface area contributed by atoms with Crippen LogP contribution in [0, 0.1) is 5.92 Å². The van der Waals surface area contributed by atoms with E-state index in [1.54, 1.807) is 31.4 Å². The van der Waals surface area contributed by atoms with Crippen LogP contribution in [0.5, 0.6) is 5.75 Å². The van der Waals surface area contributed by atoms with Gasteiger partial charge in [-0.1, -0.05) is 0 Å². The fraction of sp³-hybridized carbons (Fsp3) is 0.500. The molecule has 0 saturated carbocycles. The van der Waals surface area contributed by atoms with E-state index in [1.807, 2.05) is 0 Å². The third-order valence-electron chi connectivity index (χ3n) is 3.52. The largest absolute Gasteiger partial charge is 0.497 e. The van der Waals surface area contributed by atoms with Crippen molar-refractivity contribution in [1.82, 2.24) is 0 Å². The van der Waals surface area contributed by atoms with E-state index in [-0.39, 0.29) is 23.3 Å². The van der Waals surface area contributed by atoms with Gasteiger partial charge in [0.15, 0.2) is 0 Å². The SMILES string of the molecule is COc1ccc(NC(=O)CC2CCS(=O)(=O)CC2)cc1. The minimum Gasteiger partial charge on any atom is -0.497 e. The van der Waals surface area contributed by atoms with Gasteiger partial charge >= 0.3 is 0 Å². The number of anilines is 1. The molecule has 1 aromatic carbocycles. The van der Waals surface area contributed by atoms with Gasteiger partial charge in [-0.25, -0.2) is 8.42 Å². The number of rotatable bonds is 4. The molecule has 1 amide bonds. The molecule has 1 N–H and O–H groups in total. The maximum absolute atomic E-state index is 11.9. The molecule has 20 heavy (non-hydrogen) atoms. The molecule has 1 aliphatic rings. The molecule has 1 fully saturated rings. The van der Waals surface area contributed by atoms with Gasteiger partial charge in [-0.3, -0.25) is 4.79 Å². The third-order valence-corrected chi connectivity index (χ3v) is 5.24. The van der Waals surface area contributed by atoms with Crippen molar-refractivity contribution in [3.8, 4) is 5.75 Å². The summed E-state index contributed by atoms with van der Waals surface area (Å²) in [5, 5.41) is 2.82. The minimum absolute atomic E-state index is 0.0699. The van der Waals surface area contributed by atoms with Crippen molar-refractivity contribution in [1.29, 1.82) is 0 Å². The fourth-order valence-corrected chi connectivity index (χ4v) is 3.88. The van der Waals surface area contributed by atoms with Gasteiger partial charge in [0.2, 0.25) is 5.91 Å². The summed E-state index contributed by atoms with van der Waals surface area (Å²) in [7, 11) is -1.28. The van der Waals surface area contributed by atoms with E-state index in [2.05, 4.69) is 5.32 Å². The molecule has 2 rings (SSSR count). The molecule has 0 atom stereocenters. The second kappa shape index (κ2) is 6.26. The first-order chi connectivity index (χ1) is 9.48. The molecule has 1 aromatic rings. The summed E-state index contributed by atoms with van der Waals surface area (Å²) in [6.45, 7) is 0. The summed E-state index contributed by atoms with van der Waals surface area (Å²) in [5.74, 6) is 1.23. The number of nitrogens with one attached hydrogen (secondary N) is 1. The number of carbonyl (C=O) groups excluding carboxylic acids is 1. The lowest BCUT2D eigenvalue weighted by Crippen LogP contribution is -2.26. The van der Waals surface area contributed by atoms with Crippen molar-refractivity contribution in [3.63, 3.8) is 0 Å². The van der Waals surface area contributed by atoms with Gasteiger partial charge in [0.25, 0.3) is 0 Å². The molecule has 1 aliphatic heterocycles. The van der Waals surface area contributed by atoms with Crippen LogP contribution in [0.25, 0.3) is 0 Å². The number of ether oxygens (including phenoxy) is 1. The van der Waals surface area contributed by atoms with E-state index < -0.39 is 9.84 Å². The van der Waals surface area contributed by atoms with Crippen LogP contribution >= 0.6 is 0 Å². The Morgan fingerprint density at radius 2 is 1.85 bits per heavy atom. The van der Waals surface area contributed by atoms with E-state index in [1.165, 1.54) is 0 Å². The summed E-state index contributed by atoms with van der Waals surface area (Å²) in [4.78, 5) is 11.9. The number of hydrogen-bond acceptors (Lipinski definition) is 4. The number of benzene rings is 1. The van der Waals surface area contributed by atoms with Crippen LogP contribution in [-0.2, 0) is 14.6 Å². The van der Waals surface area contributed by atoms with Crippen LogP contribution in [0.3, 0.4) is 0 Å². The molecule has 0 unspecified atom stereocenters. The van der Waals surface area contributed by atoms with E-state index in [0.717, 1.165) is 11.4 Å². The van der Waals surface area contributed by atoms with Crippen molar-refractivity contribution in [2.45, 2.75) is 19.3 Å². The first-order valence-electron chi connectivity index (χ1n) is 6.63. The lowest BCUT2D eigenvalue weighted by Gasteiger charge is -2.21. The van der Waals surface area contributed by atoms with Gasteiger partial charge in [0.1, 0.15) is 15.6 Å². The normalized spacial score (nSPS) is 18.4. The van der Waals surface area contributed by atoms with Crippen LogP contribution in [0.2, 0.25) is 0 Å². The summed E-state index contributed by atoms with van der Waals surface area (Å²) >= 11 is 0. The van der Waals surface area contributed by atoms with Gasteiger partial charge in [-0.15, -0.1) is 0 Å². The number of sulfone groups is 1. The molecule has 0 bridgehead atoms. The molecule has 0 aliphatic carbocycles. The summed E-state index contributed by atoms with van der Waals surface area (Å²) in [6.07, 6.45) is 1.54. The molecule has 1 saturated heterocycles. The van der Waals surface area contributed by atoms with Crippen LogP contribution in [-0.4, -0.2) is 32.9 Å². The second-order valence-electron chi connectivity index (χ2n) is 5.08. The lowest BCUT2D eigenvalue weighted by atomic mass is 9.98. The Morgan fingerprint density at radius 3 is 2.40 bits per heavy atom. The van der Waals surface area contributed by atoms with Crippen molar-refractivity contribution in [2.75, 3.05) is 23.9 Å². The van der Waals surface area contributed by atoms with E-state index >= 15 is 0 Å². The molecule has 1 heterocycles. The molecule has 6 heteroatoms. The predicted molar refractivity (Wildman–Crippen MR) is 77.6 cm³/mol. The average Bonchev–Trinajstić information content (AvgIpc) is 2.42. The van der Waals surface area contributed by atoms with E-state index in [9.17, 15) is 13.2 Å². The fourth-order valence-electron chi connectivity index (χ4n) is 2.29. The molecule has 5 nitrogen and oxygen atoms in total. The Labute approximate surface area is 119 Å². The minimum atomic E-state index is -2.86. The topological polar surface area (TPSA) is 72.5 Å². The highest BCUT2D eigenvalue weighted by Gasteiger charge is 2.25. The number of carbonyl (C=O) groups is 1. The van der Waals surface area contributed by atoms with Crippen LogP contribution < -0.4 is 10.1 Å². The summed E-state index contributed by atoms with van der Waals surface area (Å²) < 4.78 is 27.7. The zero-order valence-electron chi connectivity index (χ0n) is 11.5. The zero-order chi connectivity index (χ0) is 14.6. The van der Waals surface area contributed by atoms with Crippen LogP contribution in [0.4, 0.5) is 5.69 Å². The third kappa shape index (κ3) is 4.23. The van der Waals surface area contributed by atoms with Crippen LogP contribution in [0.15, 0.2) is 24.3 Å². The Balaban J connectivity index is 1.83. The Hall–Kier alpha value is -1.56. The highest BCUT2D eigenvalue weighted by Crippen LogP contribution is 2.23.